The Labute approximate surface area is 745 Å². The monoisotopic (exact) mass is 1900 g/mol. The number of rotatable bonds is 11. The number of carbonyl (C=O) groups excluding carboxylic acids is 10. The number of aliphatic hydroxyl groups is 4. The molecular formula is C82H56O54. The summed E-state index contributed by atoms with van der Waals surface area (Å²) in [4.78, 5) is 163. The number of fused-ring (bicyclic) bond motifs is 7. The van der Waals surface area contributed by atoms with Gasteiger partial charge in [-0.05, 0) is 54.6 Å². The van der Waals surface area contributed by atoms with E-state index in [1.165, 1.54) is 0 Å². The molecule has 9 aromatic carbocycles. The summed E-state index contributed by atoms with van der Waals surface area (Å²) < 4.78 is 79.8. The number of carboxylic acids is 1. The molecule has 0 spiro atoms. The molecule has 6 aliphatic heterocycles. The number of ether oxygens (including phenoxy) is 14. The van der Waals surface area contributed by atoms with Crippen LogP contribution in [0.5, 0.6) is 167 Å². The Balaban J connectivity index is 0.872. The van der Waals surface area contributed by atoms with Gasteiger partial charge in [-0.3, -0.25) is 4.79 Å². The summed E-state index contributed by atoms with van der Waals surface area (Å²) in [6.07, 6.45) is -28.6. The molecule has 29 N–H and O–H groups in total. The Morgan fingerprint density at radius 2 is 0.743 bits per heavy atom. The van der Waals surface area contributed by atoms with Gasteiger partial charge in [0.05, 0.1) is 50.4 Å². The van der Waals surface area contributed by atoms with Crippen molar-refractivity contribution in [3.8, 4) is 189 Å². The van der Waals surface area contributed by atoms with Crippen LogP contribution in [0.2, 0.25) is 0 Å². The third kappa shape index (κ3) is 14.3. The zero-order valence-corrected chi connectivity index (χ0v) is 66.4. The maximum Gasteiger partial charge on any atom is 0.342 e. The minimum absolute atomic E-state index is 0.0151. The van der Waals surface area contributed by atoms with Crippen LogP contribution in [0.15, 0.2) is 78.4 Å². The summed E-state index contributed by atoms with van der Waals surface area (Å²) >= 11 is 0. The fourth-order valence-electron chi connectivity index (χ4n) is 15.5. The Morgan fingerprint density at radius 3 is 1.25 bits per heavy atom. The van der Waals surface area contributed by atoms with E-state index in [9.17, 15) is 177 Å². The zero-order chi connectivity index (χ0) is 98.9. The van der Waals surface area contributed by atoms with E-state index in [0.717, 1.165) is 0 Å². The van der Waals surface area contributed by atoms with Crippen molar-refractivity contribution in [2.45, 2.75) is 78.9 Å². The highest BCUT2D eigenvalue weighted by Gasteiger charge is 2.71. The van der Waals surface area contributed by atoms with Crippen LogP contribution in [0.4, 0.5) is 0 Å². The molecule has 0 radical (unpaired) electrons. The number of aliphatic hydroxyl groups excluding tert-OH is 1. The SMILES string of the molecule is O=C1OC2C3COC(=O)c4cc(Oc5c(C(=O)OC6C(O)OC7COC(=O)c8cc(O)c(O)c(O)c8-c8c(cc(O)c(O)c8O)C(=O)OC7C6OC(=O)c6cc(O)c(O)c(O)c6)cc(O)c(O)c5O)c(Oc5c(C(=O)O)cc(O)c(O)c5O)c(O)c4-c4c(cc(O)c(O)c4O)C(=O)OC2C(OC(=O)c2cc(O)c(O)c4c2C2C1=CC(=O)C(O)(O)C2(O)O4)C(OC(=O)c1cc(O)c(O)c(O)c1)O3. The van der Waals surface area contributed by atoms with Gasteiger partial charge in [-0.25, -0.2) is 47.9 Å². The lowest BCUT2D eigenvalue weighted by Gasteiger charge is -2.44. The van der Waals surface area contributed by atoms with Crippen LogP contribution in [-0.4, -0.2) is 300 Å². The summed E-state index contributed by atoms with van der Waals surface area (Å²) in [5, 5.41) is 324. The molecule has 0 saturated carbocycles. The number of carbonyl (C=O) groups is 11. The third-order valence-corrected chi connectivity index (χ3v) is 22.0. The number of hydrogen-bond acceptors (Lipinski definition) is 53. The minimum Gasteiger partial charge on any atom is -0.504 e. The molecule has 9 aromatic rings. The number of esters is 9. The van der Waals surface area contributed by atoms with Gasteiger partial charge < -0.3 is 214 Å². The highest BCUT2D eigenvalue weighted by molar-refractivity contribution is 6.12. The number of aromatic carboxylic acids is 1. The van der Waals surface area contributed by atoms with Crippen molar-refractivity contribution < 1.29 is 267 Å². The van der Waals surface area contributed by atoms with Crippen LogP contribution >= 0.6 is 0 Å². The van der Waals surface area contributed by atoms with E-state index in [4.69, 9.17) is 66.3 Å². The Hall–Kier alpha value is -18.5. The molecule has 4 bridgehead atoms. The number of ketones is 1. The van der Waals surface area contributed by atoms with E-state index in [1.54, 1.807) is 0 Å². The highest BCUT2D eigenvalue weighted by atomic mass is 16.8. The van der Waals surface area contributed by atoms with E-state index in [0.29, 0.717) is 30.3 Å². The molecule has 54 heteroatoms. The van der Waals surface area contributed by atoms with Crippen LogP contribution in [0.1, 0.15) is 105 Å². The predicted octanol–water partition coefficient (Wildman–Crippen LogP) is 0.885. The van der Waals surface area contributed by atoms with E-state index < -0.39 is 408 Å². The van der Waals surface area contributed by atoms with Crippen molar-refractivity contribution >= 4 is 65.5 Å². The topological polar surface area (TPSA) is 904 Å². The summed E-state index contributed by atoms with van der Waals surface area (Å²) in [6, 6.07) is 2.66. The van der Waals surface area contributed by atoms with Crippen molar-refractivity contribution in [3.63, 3.8) is 0 Å². The summed E-state index contributed by atoms with van der Waals surface area (Å²) in [5.74, 6) is -80.9. The molecule has 2 saturated heterocycles. The van der Waals surface area contributed by atoms with E-state index in [2.05, 4.69) is 0 Å². The summed E-state index contributed by atoms with van der Waals surface area (Å²) in [5.41, 5.74) is -20.7. The van der Waals surface area contributed by atoms with Crippen molar-refractivity contribution in [2.24, 2.45) is 0 Å². The maximum atomic E-state index is 15.9. The third-order valence-electron chi connectivity index (χ3n) is 22.0. The number of phenolic OH excluding ortho intramolecular Hbond substituents is 24. The molecule has 12 unspecified atom stereocenters. The molecule has 16 rings (SSSR count). The first kappa shape index (κ1) is 90.8. The molecule has 708 valence electrons. The molecule has 136 heavy (non-hydrogen) atoms. The first-order chi connectivity index (χ1) is 63.9. The second-order valence-corrected chi connectivity index (χ2v) is 30.0. The predicted molar refractivity (Wildman–Crippen MR) is 413 cm³/mol. The molecule has 54 nitrogen and oxygen atoms in total. The van der Waals surface area contributed by atoms with Crippen LogP contribution in [-0.2, 0) is 61.7 Å². The van der Waals surface area contributed by atoms with Crippen molar-refractivity contribution in [2.75, 3.05) is 13.2 Å². The number of aromatic hydroxyl groups is 24. The van der Waals surface area contributed by atoms with E-state index >= 15 is 24.0 Å². The largest absolute Gasteiger partial charge is 0.504 e. The maximum absolute atomic E-state index is 15.9. The number of cyclic esters (lactones) is 2. The number of hydrogen-bond donors (Lipinski definition) is 29. The first-order valence-corrected chi connectivity index (χ1v) is 37.8. The van der Waals surface area contributed by atoms with Crippen LogP contribution in [0.25, 0.3) is 22.3 Å². The van der Waals surface area contributed by atoms with Gasteiger partial charge in [0.15, 0.2) is 152 Å². The van der Waals surface area contributed by atoms with Crippen molar-refractivity contribution in [3.05, 3.63) is 134 Å². The molecule has 0 aromatic heterocycles. The standard InChI is InChI=1S/C82H56O54/c83-25-1-15(2-26(84)45(25)94)70(110)131-65-62-36(13-123-72(112)17-5-29(87)47(96)53(102)39(17)40-18(74(114)129-62)6-30(88)48(97)54(40)103)126-79(119)67(65)133-78(118)24-10-33(91)51(100)58(107)60(24)125-35-11-21-42(56(105)61(35)128-59-23(69(108)109)9-32(90)50(99)57(59)106)41-19(7-31(89)49(98)55(41)104)75(115)132-66-63-37(14-124-73(21)113)127-80(135-71(111)16-3-27(85)46(95)28(86)4-16)68(66)134-76(116)20-8-34(92)52(101)64-43(20)44-22(77(117)130-63)12-38(93)81(120,121)82(44,122)136-64/h1-12,36-37,44,62-63,65-68,79-80,83-92,94-107,119-122H,13-14H2,(H,108,109). The molecule has 7 aliphatic rings. The summed E-state index contributed by atoms with van der Waals surface area (Å²) in [6.45, 7) is -3.28. The van der Waals surface area contributed by atoms with Crippen molar-refractivity contribution in [1.82, 2.24) is 0 Å². The normalized spacial score (nSPS) is 22.4. The molecule has 0 amide bonds. The Kier molecular flexibility index (Phi) is 21.5. The van der Waals surface area contributed by atoms with Gasteiger partial charge in [-0.1, -0.05) is 0 Å². The lowest BCUT2D eigenvalue weighted by molar-refractivity contribution is -0.323. The Morgan fingerprint density at radius 1 is 0.353 bits per heavy atom. The second-order valence-electron chi connectivity index (χ2n) is 30.0. The summed E-state index contributed by atoms with van der Waals surface area (Å²) in [7, 11) is 0. The Bertz CT molecular complexity index is 6870. The van der Waals surface area contributed by atoms with Crippen LogP contribution in [0.3, 0.4) is 0 Å². The molecule has 12 atom stereocenters. The second kappa shape index (κ2) is 32.2. The molecule has 1 aliphatic carbocycles. The fourth-order valence-corrected chi connectivity index (χ4v) is 15.5. The lowest BCUT2D eigenvalue weighted by atomic mass is 9.74. The average molecular weight is 1910 g/mol. The lowest BCUT2D eigenvalue weighted by Crippen LogP contribution is -2.66. The van der Waals surface area contributed by atoms with E-state index in [1.807, 2.05) is 0 Å². The van der Waals surface area contributed by atoms with Crippen LogP contribution < -0.4 is 14.2 Å². The van der Waals surface area contributed by atoms with Gasteiger partial charge in [-0.15, -0.1) is 0 Å². The van der Waals surface area contributed by atoms with Gasteiger partial charge in [0, 0.05) is 46.0 Å². The number of phenols is 24. The van der Waals surface area contributed by atoms with Gasteiger partial charge in [0.1, 0.15) is 36.5 Å². The van der Waals surface area contributed by atoms with E-state index in [-0.39, 0.29) is 42.5 Å². The van der Waals surface area contributed by atoms with Crippen molar-refractivity contribution in [1.29, 1.82) is 0 Å². The quantitative estimate of drug-likeness (QED) is 0.0370. The van der Waals surface area contributed by atoms with Gasteiger partial charge in [0.2, 0.25) is 69.9 Å². The molecule has 6 heterocycles. The first-order valence-electron chi connectivity index (χ1n) is 37.8. The smallest absolute Gasteiger partial charge is 0.342 e. The van der Waals surface area contributed by atoms with Gasteiger partial charge in [0.25, 0.3) is 11.6 Å². The molecule has 2 fully saturated rings. The van der Waals surface area contributed by atoms with Gasteiger partial charge >= 0.3 is 59.7 Å². The highest BCUT2D eigenvalue weighted by Crippen LogP contribution is 2.63. The van der Waals surface area contributed by atoms with Gasteiger partial charge in [-0.2, -0.15) is 0 Å². The van der Waals surface area contributed by atoms with Crippen LogP contribution in [0, 0.1) is 0 Å². The zero-order valence-electron chi connectivity index (χ0n) is 66.4. The number of carboxylic acid groups (broad SMARTS) is 1. The average Bonchev–Trinajstić information content (AvgIpc) is 1.53. The minimum atomic E-state index is -4.26. The molecular weight excluding hydrogens is 1850 g/mol. The fraction of sp³-hybridized carbons (Fsp3) is 0.183. The number of benzene rings is 9.